The van der Waals surface area contributed by atoms with E-state index in [2.05, 4.69) is 10.2 Å². The molecule has 0 atom stereocenters. The average Bonchev–Trinajstić information content (AvgIpc) is 2.13. The first-order chi connectivity index (χ1) is 4.22. The van der Waals surface area contributed by atoms with Gasteiger partial charge in [-0.2, -0.15) is 5.10 Å². The highest BCUT2D eigenvalue weighted by atomic mass is 16.4. The minimum absolute atomic E-state index is 0.162. The zero-order chi connectivity index (χ0) is 6.85. The standard InChI is InChI=1S/C5H6N2O2/c1-3-2-6-7-4(3)5(8)9/h2H,1H3,(H,6,7)(H,8,9). The molecule has 0 spiro atoms. The SMILES string of the molecule is Cc1cn[nH]c1C(=O)O. The van der Waals surface area contributed by atoms with Crippen LogP contribution < -0.4 is 0 Å². The Bertz CT molecular complexity index is 229. The third kappa shape index (κ3) is 0.910. The van der Waals surface area contributed by atoms with E-state index in [0.29, 0.717) is 5.56 Å². The molecule has 0 saturated carbocycles. The van der Waals surface area contributed by atoms with Gasteiger partial charge in [-0.1, -0.05) is 0 Å². The van der Waals surface area contributed by atoms with Gasteiger partial charge in [0.25, 0.3) is 0 Å². The summed E-state index contributed by atoms with van der Waals surface area (Å²) in [5, 5.41) is 14.3. The van der Waals surface area contributed by atoms with Gasteiger partial charge in [-0.05, 0) is 6.92 Å². The van der Waals surface area contributed by atoms with Gasteiger partial charge >= 0.3 is 5.97 Å². The highest BCUT2D eigenvalue weighted by molar-refractivity contribution is 5.86. The van der Waals surface area contributed by atoms with Gasteiger partial charge < -0.3 is 5.11 Å². The summed E-state index contributed by atoms with van der Waals surface area (Å²) in [7, 11) is 0. The number of rotatable bonds is 1. The molecule has 0 aliphatic rings. The second-order valence-corrected chi connectivity index (χ2v) is 1.73. The van der Waals surface area contributed by atoms with Crippen LogP contribution >= 0.6 is 0 Å². The molecule has 0 aliphatic heterocycles. The van der Waals surface area contributed by atoms with Crippen molar-refractivity contribution in [1.82, 2.24) is 10.2 Å². The summed E-state index contributed by atoms with van der Waals surface area (Å²) in [5.41, 5.74) is 0.817. The van der Waals surface area contributed by atoms with E-state index in [4.69, 9.17) is 5.11 Å². The molecular formula is C5H6N2O2. The van der Waals surface area contributed by atoms with Crippen LogP contribution in [0.2, 0.25) is 0 Å². The summed E-state index contributed by atoms with van der Waals surface area (Å²) in [4.78, 5) is 10.2. The number of hydrogen-bond donors (Lipinski definition) is 2. The number of nitrogens with one attached hydrogen (secondary N) is 1. The minimum Gasteiger partial charge on any atom is -0.477 e. The first-order valence-corrected chi connectivity index (χ1v) is 2.45. The molecule has 1 aromatic heterocycles. The van der Waals surface area contributed by atoms with Crippen LogP contribution in [-0.4, -0.2) is 21.3 Å². The average molecular weight is 126 g/mol. The Morgan fingerprint density at radius 2 is 2.56 bits per heavy atom. The first-order valence-electron chi connectivity index (χ1n) is 2.45. The molecule has 1 rings (SSSR count). The maximum Gasteiger partial charge on any atom is 0.354 e. The smallest absolute Gasteiger partial charge is 0.354 e. The Morgan fingerprint density at radius 1 is 1.89 bits per heavy atom. The monoisotopic (exact) mass is 126 g/mol. The van der Waals surface area contributed by atoms with Crippen LogP contribution in [-0.2, 0) is 0 Å². The van der Waals surface area contributed by atoms with Crippen LogP contribution in [0.3, 0.4) is 0 Å². The first kappa shape index (κ1) is 5.81. The van der Waals surface area contributed by atoms with Gasteiger partial charge in [-0.3, -0.25) is 5.10 Å². The van der Waals surface area contributed by atoms with Crippen LogP contribution in [0.15, 0.2) is 6.20 Å². The molecule has 48 valence electrons. The second-order valence-electron chi connectivity index (χ2n) is 1.73. The van der Waals surface area contributed by atoms with Gasteiger partial charge in [0.05, 0.1) is 6.20 Å². The molecule has 1 heterocycles. The van der Waals surface area contributed by atoms with Gasteiger partial charge in [-0.25, -0.2) is 4.79 Å². The number of hydrogen-bond acceptors (Lipinski definition) is 2. The molecule has 2 N–H and O–H groups in total. The third-order valence-electron chi connectivity index (χ3n) is 1.04. The van der Waals surface area contributed by atoms with Gasteiger partial charge in [0.2, 0.25) is 0 Å². The van der Waals surface area contributed by atoms with Crippen molar-refractivity contribution in [2.24, 2.45) is 0 Å². The lowest BCUT2D eigenvalue weighted by Crippen LogP contribution is -1.98. The van der Waals surface area contributed by atoms with Crippen LogP contribution in [0.1, 0.15) is 16.1 Å². The molecule has 0 aromatic carbocycles. The number of nitrogens with zero attached hydrogens (tertiary/aromatic N) is 1. The lowest BCUT2D eigenvalue weighted by molar-refractivity contribution is 0.0689. The molecule has 0 aliphatic carbocycles. The van der Waals surface area contributed by atoms with E-state index in [9.17, 15) is 4.79 Å². The number of aryl methyl sites for hydroxylation is 1. The predicted octanol–water partition coefficient (Wildman–Crippen LogP) is 0.416. The number of carboxylic acids is 1. The van der Waals surface area contributed by atoms with Gasteiger partial charge in [-0.15, -0.1) is 0 Å². The lowest BCUT2D eigenvalue weighted by atomic mass is 10.3. The highest BCUT2D eigenvalue weighted by Gasteiger charge is 2.06. The van der Waals surface area contributed by atoms with Crippen molar-refractivity contribution in [2.45, 2.75) is 6.92 Å². The zero-order valence-electron chi connectivity index (χ0n) is 4.88. The normalized spacial score (nSPS) is 9.44. The van der Waals surface area contributed by atoms with E-state index in [0.717, 1.165) is 0 Å². The van der Waals surface area contributed by atoms with E-state index < -0.39 is 5.97 Å². The number of H-pyrrole nitrogens is 1. The van der Waals surface area contributed by atoms with Crippen LogP contribution in [0.5, 0.6) is 0 Å². The Kier molecular flexibility index (Phi) is 1.22. The lowest BCUT2D eigenvalue weighted by Gasteiger charge is -1.85. The molecule has 0 fully saturated rings. The minimum atomic E-state index is -0.968. The van der Waals surface area contributed by atoms with E-state index in [-0.39, 0.29) is 5.69 Å². The Hall–Kier alpha value is -1.32. The molecule has 1 aromatic rings. The Labute approximate surface area is 51.5 Å². The number of aromatic amines is 1. The largest absolute Gasteiger partial charge is 0.477 e. The second kappa shape index (κ2) is 1.89. The summed E-state index contributed by atoms with van der Waals surface area (Å²) < 4.78 is 0. The van der Waals surface area contributed by atoms with E-state index in [1.54, 1.807) is 6.92 Å². The molecule has 0 unspecified atom stereocenters. The summed E-state index contributed by atoms with van der Waals surface area (Å²) in [6.45, 7) is 1.69. The Morgan fingerprint density at radius 3 is 2.78 bits per heavy atom. The van der Waals surface area contributed by atoms with Crippen molar-refractivity contribution in [3.8, 4) is 0 Å². The Balaban J connectivity index is 3.08. The van der Waals surface area contributed by atoms with Gasteiger partial charge in [0, 0.05) is 5.56 Å². The van der Waals surface area contributed by atoms with Crippen molar-refractivity contribution in [3.05, 3.63) is 17.5 Å². The zero-order valence-corrected chi connectivity index (χ0v) is 4.88. The third-order valence-corrected chi connectivity index (χ3v) is 1.04. The van der Waals surface area contributed by atoms with Crippen molar-refractivity contribution in [3.63, 3.8) is 0 Å². The maximum atomic E-state index is 10.2. The summed E-state index contributed by atoms with van der Waals surface area (Å²) in [6, 6.07) is 0. The summed E-state index contributed by atoms with van der Waals surface area (Å²) >= 11 is 0. The van der Waals surface area contributed by atoms with E-state index in [1.165, 1.54) is 6.20 Å². The topological polar surface area (TPSA) is 66.0 Å². The van der Waals surface area contributed by atoms with Crippen molar-refractivity contribution < 1.29 is 9.90 Å². The van der Waals surface area contributed by atoms with E-state index >= 15 is 0 Å². The number of carboxylic acid groups (broad SMARTS) is 1. The number of aromatic carboxylic acids is 1. The number of carbonyl (C=O) groups is 1. The summed E-state index contributed by atoms with van der Waals surface area (Å²) in [5.74, 6) is -0.968. The van der Waals surface area contributed by atoms with Crippen molar-refractivity contribution in [1.29, 1.82) is 0 Å². The fraction of sp³-hybridized carbons (Fsp3) is 0.200. The number of aromatic nitrogens is 2. The van der Waals surface area contributed by atoms with Crippen LogP contribution in [0.25, 0.3) is 0 Å². The quantitative estimate of drug-likeness (QED) is 0.573. The molecule has 0 bridgehead atoms. The molecular weight excluding hydrogens is 120 g/mol. The maximum absolute atomic E-state index is 10.2. The van der Waals surface area contributed by atoms with E-state index in [1.807, 2.05) is 0 Å². The fourth-order valence-corrected chi connectivity index (χ4v) is 0.563. The highest BCUT2D eigenvalue weighted by Crippen LogP contribution is 1.99. The van der Waals surface area contributed by atoms with Crippen molar-refractivity contribution in [2.75, 3.05) is 0 Å². The molecule has 9 heavy (non-hydrogen) atoms. The summed E-state index contributed by atoms with van der Waals surface area (Å²) in [6.07, 6.45) is 1.48. The molecule has 0 saturated heterocycles. The molecule has 0 radical (unpaired) electrons. The van der Waals surface area contributed by atoms with Gasteiger partial charge in [0.1, 0.15) is 5.69 Å². The molecule has 4 nitrogen and oxygen atoms in total. The molecule has 0 amide bonds. The van der Waals surface area contributed by atoms with Crippen LogP contribution in [0.4, 0.5) is 0 Å². The van der Waals surface area contributed by atoms with Crippen molar-refractivity contribution >= 4 is 5.97 Å². The fourth-order valence-electron chi connectivity index (χ4n) is 0.563. The van der Waals surface area contributed by atoms with Crippen LogP contribution in [0, 0.1) is 6.92 Å². The molecule has 4 heteroatoms. The van der Waals surface area contributed by atoms with Gasteiger partial charge in [0.15, 0.2) is 0 Å². The predicted molar refractivity (Wildman–Crippen MR) is 30.3 cm³/mol.